The third-order valence-electron chi connectivity index (χ3n) is 5.60. The predicted octanol–water partition coefficient (Wildman–Crippen LogP) is 5.88. The Bertz CT molecular complexity index is 1150. The monoisotopic (exact) mass is 458 g/mol. The summed E-state index contributed by atoms with van der Waals surface area (Å²) >= 11 is 6.41. The number of H-pyrrole nitrogens is 1. The minimum absolute atomic E-state index is 0.0813. The van der Waals surface area contributed by atoms with Crippen molar-refractivity contribution in [3.63, 3.8) is 0 Å². The summed E-state index contributed by atoms with van der Waals surface area (Å²) in [6, 6.07) is 10.7. The van der Waals surface area contributed by atoms with Crippen LogP contribution in [-0.4, -0.2) is 28.0 Å². The van der Waals surface area contributed by atoms with Crippen molar-refractivity contribution < 1.29 is 18.3 Å². The van der Waals surface area contributed by atoms with Gasteiger partial charge in [0.15, 0.2) is 0 Å². The molecular weight excluding hydrogens is 438 g/mol. The molecule has 0 spiro atoms. The van der Waals surface area contributed by atoms with Crippen molar-refractivity contribution in [3.05, 3.63) is 58.8 Å². The number of pyridine rings is 1. The molecule has 0 aliphatic heterocycles. The second-order valence-electron chi connectivity index (χ2n) is 7.68. The third kappa shape index (κ3) is 4.68. The van der Waals surface area contributed by atoms with E-state index in [9.17, 15) is 14.0 Å². The van der Waals surface area contributed by atoms with Crippen LogP contribution in [0, 0.1) is 11.3 Å². The summed E-state index contributed by atoms with van der Waals surface area (Å²) in [5, 5.41) is 9.51. The molecule has 3 aromatic rings. The average molecular weight is 459 g/mol. The van der Waals surface area contributed by atoms with Gasteiger partial charge in [0.1, 0.15) is 40.8 Å². The number of benzene rings is 1. The second-order valence-corrected chi connectivity index (χ2v) is 8.05. The van der Waals surface area contributed by atoms with E-state index in [0.29, 0.717) is 57.8 Å². The summed E-state index contributed by atoms with van der Waals surface area (Å²) in [5.41, 5.74) is 2.14. The molecule has 0 saturated heterocycles. The molecule has 166 valence electrons. The molecule has 6 nitrogen and oxygen atoms in total. The smallest absolute Gasteiger partial charge is 0.248 e. The molecule has 2 aromatic heterocycles. The maximum absolute atomic E-state index is 13.5. The highest BCUT2D eigenvalue weighted by atomic mass is 35.5. The maximum atomic E-state index is 13.5. The van der Waals surface area contributed by atoms with Crippen LogP contribution in [0.3, 0.4) is 0 Å². The van der Waals surface area contributed by atoms with Crippen LogP contribution in [-0.2, 0) is 6.61 Å². The van der Waals surface area contributed by atoms with E-state index in [1.165, 1.54) is 7.11 Å². The van der Waals surface area contributed by atoms with Crippen molar-refractivity contribution in [2.45, 2.75) is 44.1 Å². The molecule has 32 heavy (non-hydrogen) atoms. The fourth-order valence-electron chi connectivity index (χ4n) is 3.82. The Hall–Kier alpha value is -3.18. The summed E-state index contributed by atoms with van der Waals surface area (Å²) in [4.78, 5) is 11.8. The summed E-state index contributed by atoms with van der Waals surface area (Å²) in [6.45, 7) is 0.131. The number of alkyl halides is 2. The highest BCUT2D eigenvalue weighted by Crippen LogP contribution is 2.42. The zero-order chi connectivity index (χ0) is 22.7. The zero-order valence-corrected chi connectivity index (χ0v) is 18.1. The highest BCUT2D eigenvalue weighted by molar-refractivity contribution is 6.32. The number of hydrogen-bond donors (Lipinski definition) is 1. The van der Waals surface area contributed by atoms with E-state index >= 15 is 0 Å². The molecule has 0 amide bonds. The summed E-state index contributed by atoms with van der Waals surface area (Å²) < 4.78 is 38.3. The lowest BCUT2D eigenvalue weighted by molar-refractivity contribution is -0.0387. The van der Waals surface area contributed by atoms with Gasteiger partial charge in [-0.3, -0.25) is 4.98 Å². The minimum Gasteiger partial charge on any atom is -0.496 e. The summed E-state index contributed by atoms with van der Waals surface area (Å²) in [6.07, 6.45) is 2.03. The van der Waals surface area contributed by atoms with Crippen molar-refractivity contribution in [1.29, 1.82) is 5.26 Å². The lowest BCUT2D eigenvalue weighted by Gasteiger charge is -2.26. The molecular formula is C23H21ClF2N4O2. The van der Waals surface area contributed by atoms with E-state index in [-0.39, 0.29) is 25.4 Å². The van der Waals surface area contributed by atoms with Gasteiger partial charge in [-0.2, -0.15) is 5.26 Å². The van der Waals surface area contributed by atoms with Crippen LogP contribution in [0.4, 0.5) is 8.78 Å². The SMILES string of the molecule is COc1cc(OCc2ncccc2C#N)ccc1-c1nc(C2CCC(F)(F)CC2)[nH]c1Cl. The number of aromatic nitrogens is 3. The number of aromatic amines is 1. The fourth-order valence-corrected chi connectivity index (χ4v) is 4.06. The van der Waals surface area contributed by atoms with Gasteiger partial charge in [-0.15, -0.1) is 0 Å². The Morgan fingerprint density at radius 3 is 2.78 bits per heavy atom. The van der Waals surface area contributed by atoms with Gasteiger partial charge in [-0.25, -0.2) is 13.8 Å². The minimum atomic E-state index is -2.60. The normalized spacial score (nSPS) is 15.8. The molecule has 0 radical (unpaired) electrons. The van der Waals surface area contributed by atoms with Gasteiger partial charge in [-0.1, -0.05) is 11.6 Å². The van der Waals surface area contributed by atoms with Gasteiger partial charge in [0.25, 0.3) is 0 Å². The highest BCUT2D eigenvalue weighted by Gasteiger charge is 2.36. The number of nitrogens with one attached hydrogen (secondary N) is 1. The van der Waals surface area contributed by atoms with Crippen molar-refractivity contribution in [2.75, 3.05) is 7.11 Å². The van der Waals surface area contributed by atoms with Crippen LogP contribution < -0.4 is 9.47 Å². The number of halogens is 3. The van der Waals surface area contributed by atoms with Crippen LogP contribution in [0.5, 0.6) is 11.5 Å². The average Bonchev–Trinajstić information content (AvgIpc) is 3.18. The van der Waals surface area contributed by atoms with Crippen molar-refractivity contribution >= 4 is 11.6 Å². The number of rotatable bonds is 6. The molecule has 4 rings (SSSR count). The first-order valence-electron chi connectivity index (χ1n) is 10.2. The summed E-state index contributed by atoms with van der Waals surface area (Å²) in [5.74, 6) is -1.04. The molecule has 2 heterocycles. The molecule has 0 atom stereocenters. The molecule has 9 heteroatoms. The van der Waals surface area contributed by atoms with Crippen molar-refractivity contribution in [3.8, 4) is 28.8 Å². The van der Waals surface area contributed by atoms with Crippen molar-refractivity contribution in [2.24, 2.45) is 0 Å². The van der Waals surface area contributed by atoms with Gasteiger partial charge in [-0.05, 0) is 37.1 Å². The van der Waals surface area contributed by atoms with E-state index < -0.39 is 5.92 Å². The Kier molecular flexibility index (Phi) is 6.28. The lowest BCUT2D eigenvalue weighted by Crippen LogP contribution is -2.24. The largest absolute Gasteiger partial charge is 0.496 e. The number of hydrogen-bond acceptors (Lipinski definition) is 5. The Balaban J connectivity index is 1.53. The number of nitriles is 1. The molecule has 1 saturated carbocycles. The molecule has 0 unspecified atom stereocenters. The van der Waals surface area contributed by atoms with Gasteiger partial charge < -0.3 is 14.5 Å². The first-order chi connectivity index (χ1) is 15.4. The van der Waals surface area contributed by atoms with Gasteiger partial charge >= 0.3 is 0 Å². The van der Waals surface area contributed by atoms with Crippen LogP contribution in [0.15, 0.2) is 36.5 Å². The van der Waals surface area contributed by atoms with Gasteiger partial charge in [0, 0.05) is 36.6 Å². The quantitative estimate of drug-likeness (QED) is 0.498. The van der Waals surface area contributed by atoms with Crippen LogP contribution in [0.2, 0.25) is 5.15 Å². The van der Waals surface area contributed by atoms with E-state index in [2.05, 4.69) is 21.0 Å². The predicted molar refractivity (Wildman–Crippen MR) is 115 cm³/mol. The number of methoxy groups -OCH3 is 1. The van der Waals surface area contributed by atoms with Crippen LogP contribution in [0.25, 0.3) is 11.3 Å². The first-order valence-corrected chi connectivity index (χ1v) is 10.6. The van der Waals surface area contributed by atoms with Crippen molar-refractivity contribution in [1.82, 2.24) is 15.0 Å². The number of nitrogens with zero attached hydrogens (tertiary/aromatic N) is 3. The maximum Gasteiger partial charge on any atom is 0.248 e. The van der Waals surface area contributed by atoms with E-state index in [1.54, 1.807) is 36.5 Å². The Morgan fingerprint density at radius 2 is 2.06 bits per heavy atom. The van der Waals surface area contributed by atoms with E-state index in [1.807, 2.05) is 0 Å². The Labute approximate surface area is 189 Å². The molecule has 1 fully saturated rings. The number of ether oxygens (including phenoxy) is 2. The summed E-state index contributed by atoms with van der Waals surface area (Å²) in [7, 11) is 1.53. The third-order valence-corrected chi connectivity index (χ3v) is 5.87. The molecule has 1 N–H and O–H groups in total. The molecule has 0 bridgehead atoms. The molecule has 1 aliphatic carbocycles. The second kappa shape index (κ2) is 9.13. The van der Waals surface area contributed by atoms with E-state index in [4.69, 9.17) is 21.1 Å². The van der Waals surface area contributed by atoms with E-state index in [0.717, 1.165) is 0 Å². The van der Waals surface area contributed by atoms with Crippen LogP contribution in [0.1, 0.15) is 48.7 Å². The Morgan fingerprint density at radius 1 is 1.28 bits per heavy atom. The first kappa shape index (κ1) is 22.0. The molecule has 1 aromatic carbocycles. The van der Waals surface area contributed by atoms with Crippen LogP contribution >= 0.6 is 11.6 Å². The zero-order valence-electron chi connectivity index (χ0n) is 17.4. The standard InChI is InChI=1S/C23H21ClF2N4O2/c1-31-19-11-16(32-13-18-15(12-27)3-2-10-28-18)4-5-17(19)20-21(24)30-22(29-20)14-6-8-23(25,26)9-7-14/h2-5,10-11,14H,6-9,13H2,1H3,(H,29,30). The number of imidazole rings is 1. The van der Waals surface area contributed by atoms with Gasteiger partial charge in [0.2, 0.25) is 5.92 Å². The molecule has 1 aliphatic rings. The lowest BCUT2D eigenvalue weighted by atomic mass is 9.86. The topological polar surface area (TPSA) is 83.8 Å². The fraction of sp³-hybridized carbons (Fsp3) is 0.348. The van der Waals surface area contributed by atoms with Gasteiger partial charge in [0.05, 0.1) is 18.4 Å².